The van der Waals surface area contributed by atoms with Crippen LogP contribution in [0, 0.1) is 0 Å². The number of amides is 1. The first-order chi connectivity index (χ1) is 7.26. The van der Waals surface area contributed by atoms with Gasteiger partial charge in [0.15, 0.2) is 0 Å². The highest BCUT2D eigenvalue weighted by Crippen LogP contribution is 2.14. The van der Waals surface area contributed by atoms with Gasteiger partial charge in [0.1, 0.15) is 5.75 Å². The highest BCUT2D eigenvalue weighted by molar-refractivity contribution is 5.90. The van der Waals surface area contributed by atoms with Crippen LogP contribution in [-0.4, -0.2) is 26.6 Å². The predicted octanol–water partition coefficient (Wildman–Crippen LogP) is 1.66. The fourth-order valence-corrected chi connectivity index (χ4v) is 1.14. The number of carbonyl (C=O) groups is 1. The van der Waals surface area contributed by atoms with E-state index < -0.39 is 0 Å². The number of benzene rings is 1. The van der Waals surface area contributed by atoms with Gasteiger partial charge in [-0.05, 0) is 31.3 Å². The minimum atomic E-state index is 0. The fraction of sp³-hybridized carbons (Fsp3) is 0.364. The molecule has 1 aromatic rings. The van der Waals surface area contributed by atoms with E-state index in [0.29, 0.717) is 13.0 Å². The Labute approximate surface area is 102 Å². The largest absolute Gasteiger partial charge is 0.497 e. The zero-order valence-electron chi connectivity index (χ0n) is 9.45. The molecule has 1 rings (SSSR count). The average Bonchev–Trinajstić information content (AvgIpc) is 2.27. The van der Waals surface area contributed by atoms with Gasteiger partial charge in [-0.15, -0.1) is 12.4 Å². The first kappa shape index (κ1) is 14.7. The van der Waals surface area contributed by atoms with Crippen molar-refractivity contribution in [3.63, 3.8) is 0 Å². The lowest BCUT2D eigenvalue weighted by Gasteiger charge is -2.05. The molecule has 0 radical (unpaired) electrons. The summed E-state index contributed by atoms with van der Waals surface area (Å²) in [4.78, 5) is 11.3. The van der Waals surface area contributed by atoms with E-state index >= 15 is 0 Å². The van der Waals surface area contributed by atoms with E-state index in [1.54, 1.807) is 7.11 Å². The van der Waals surface area contributed by atoms with E-state index in [1.165, 1.54) is 0 Å². The maximum Gasteiger partial charge on any atom is 0.225 e. The molecule has 0 aromatic heterocycles. The smallest absolute Gasteiger partial charge is 0.225 e. The number of methoxy groups -OCH3 is 1. The molecule has 0 atom stereocenters. The molecule has 0 aliphatic carbocycles. The summed E-state index contributed by atoms with van der Waals surface area (Å²) in [5.74, 6) is 0.790. The van der Waals surface area contributed by atoms with Gasteiger partial charge in [-0.1, -0.05) is 0 Å². The monoisotopic (exact) mass is 244 g/mol. The summed E-state index contributed by atoms with van der Waals surface area (Å²) in [5.41, 5.74) is 0.789. The van der Waals surface area contributed by atoms with Gasteiger partial charge >= 0.3 is 0 Å². The quantitative estimate of drug-likeness (QED) is 0.829. The van der Waals surface area contributed by atoms with E-state index in [4.69, 9.17) is 4.74 Å². The Morgan fingerprint density at radius 2 is 1.94 bits per heavy atom. The van der Waals surface area contributed by atoms with Crippen LogP contribution < -0.4 is 15.4 Å². The van der Waals surface area contributed by atoms with E-state index in [0.717, 1.165) is 11.4 Å². The number of hydrogen-bond acceptors (Lipinski definition) is 3. The van der Waals surface area contributed by atoms with Gasteiger partial charge in [0, 0.05) is 18.7 Å². The topological polar surface area (TPSA) is 50.4 Å². The van der Waals surface area contributed by atoms with Gasteiger partial charge in [0.25, 0.3) is 0 Å². The summed E-state index contributed by atoms with van der Waals surface area (Å²) >= 11 is 0. The van der Waals surface area contributed by atoms with Crippen LogP contribution >= 0.6 is 12.4 Å². The number of nitrogens with one attached hydrogen (secondary N) is 2. The second-order valence-corrected chi connectivity index (χ2v) is 3.13. The van der Waals surface area contributed by atoms with Gasteiger partial charge in [-0.3, -0.25) is 4.79 Å². The number of carbonyl (C=O) groups excluding carboxylic acids is 1. The molecule has 0 saturated heterocycles. The minimum absolute atomic E-state index is 0. The standard InChI is InChI=1S/C11H16N2O2.ClH/c1-12-8-7-11(14)13-9-3-5-10(15-2)6-4-9;/h3-6,12H,7-8H2,1-2H3,(H,13,14);1H. The van der Waals surface area contributed by atoms with Gasteiger partial charge < -0.3 is 15.4 Å². The molecule has 0 fully saturated rings. The van der Waals surface area contributed by atoms with Crippen molar-refractivity contribution < 1.29 is 9.53 Å². The van der Waals surface area contributed by atoms with Crippen LogP contribution in [0.25, 0.3) is 0 Å². The van der Waals surface area contributed by atoms with Crippen LogP contribution in [0.3, 0.4) is 0 Å². The summed E-state index contributed by atoms with van der Waals surface area (Å²) in [6, 6.07) is 7.26. The van der Waals surface area contributed by atoms with Gasteiger partial charge in [0.05, 0.1) is 7.11 Å². The number of hydrogen-bond donors (Lipinski definition) is 2. The molecule has 0 unspecified atom stereocenters. The molecule has 0 saturated carbocycles. The average molecular weight is 245 g/mol. The predicted molar refractivity (Wildman–Crippen MR) is 67.4 cm³/mol. The van der Waals surface area contributed by atoms with Crippen molar-refractivity contribution in [2.45, 2.75) is 6.42 Å². The molecule has 0 aliphatic heterocycles. The Bertz CT molecular complexity index is 314. The van der Waals surface area contributed by atoms with Gasteiger partial charge in [-0.25, -0.2) is 0 Å². The van der Waals surface area contributed by atoms with E-state index in [1.807, 2.05) is 31.3 Å². The fourth-order valence-electron chi connectivity index (χ4n) is 1.14. The number of ether oxygens (including phenoxy) is 1. The first-order valence-electron chi connectivity index (χ1n) is 4.84. The number of halogens is 1. The van der Waals surface area contributed by atoms with Gasteiger partial charge in [-0.2, -0.15) is 0 Å². The van der Waals surface area contributed by atoms with Crippen LogP contribution in [0.5, 0.6) is 5.75 Å². The molecule has 2 N–H and O–H groups in total. The number of rotatable bonds is 5. The third-order valence-electron chi connectivity index (χ3n) is 1.98. The van der Waals surface area contributed by atoms with Crippen LogP contribution in [0.4, 0.5) is 5.69 Å². The second kappa shape index (κ2) is 7.96. The van der Waals surface area contributed by atoms with Gasteiger partial charge in [0.2, 0.25) is 5.91 Å². The molecule has 4 nitrogen and oxygen atoms in total. The lowest BCUT2D eigenvalue weighted by molar-refractivity contribution is -0.116. The highest BCUT2D eigenvalue weighted by Gasteiger charge is 2.00. The summed E-state index contributed by atoms with van der Waals surface area (Å²) < 4.78 is 5.02. The molecule has 0 spiro atoms. The van der Waals surface area contributed by atoms with E-state index in [2.05, 4.69) is 10.6 Å². The Morgan fingerprint density at radius 1 is 1.31 bits per heavy atom. The maximum atomic E-state index is 11.3. The normalized spacial score (nSPS) is 9.12. The highest BCUT2D eigenvalue weighted by atomic mass is 35.5. The van der Waals surface area contributed by atoms with Crippen molar-refractivity contribution in [1.82, 2.24) is 5.32 Å². The van der Waals surface area contributed by atoms with Crippen molar-refractivity contribution in [1.29, 1.82) is 0 Å². The van der Waals surface area contributed by atoms with Crippen LogP contribution in [-0.2, 0) is 4.79 Å². The SMILES string of the molecule is CNCCC(=O)Nc1ccc(OC)cc1.Cl. The Morgan fingerprint density at radius 3 is 2.44 bits per heavy atom. The van der Waals surface area contributed by atoms with Crippen molar-refractivity contribution in [2.75, 3.05) is 26.0 Å². The van der Waals surface area contributed by atoms with E-state index in [9.17, 15) is 4.79 Å². The Hall–Kier alpha value is -1.26. The molecule has 90 valence electrons. The third-order valence-corrected chi connectivity index (χ3v) is 1.98. The summed E-state index contributed by atoms with van der Waals surface area (Å²) in [6.07, 6.45) is 0.475. The molecule has 1 aromatic carbocycles. The molecule has 1 amide bonds. The minimum Gasteiger partial charge on any atom is -0.497 e. The van der Waals surface area contributed by atoms with Crippen LogP contribution in [0.15, 0.2) is 24.3 Å². The van der Waals surface area contributed by atoms with Crippen molar-refractivity contribution in [3.05, 3.63) is 24.3 Å². The maximum absolute atomic E-state index is 11.3. The van der Waals surface area contributed by atoms with Crippen molar-refractivity contribution in [3.8, 4) is 5.75 Å². The molecular formula is C11H17ClN2O2. The zero-order valence-corrected chi connectivity index (χ0v) is 10.3. The Balaban J connectivity index is 0.00000225. The second-order valence-electron chi connectivity index (χ2n) is 3.13. The third kappa shape index (κ3) is 5.00. The molecule has 16 heavy (non-hydrogen) atoms. The van der Waals surface area contributed by atoms with Crippen LogP contribution in [0.1, 0.15) is 6.42 Å². The lowest BCUT2D eigenvalue weighted by atomic mass is 10.3. The molecule has 0 heterocycles. The van der Waals surface area contributed by atoms with Crippen LogP contribution in [0.2, 0.25) is 0 Å². The summed E-state index contributed by atoms with van der Waals surface area (Å²) in [5, 5.41) is 5.72. The first-order valence-corrected chi connectivity index (χ1v) is 4.84. The summed E-state index contributed by atoms with van der Waals surface area (Å²) in [7, 11) is 3.43. The molecule has 5 heteroatoms. The van der Waals surface area contributed by atoms with Crippen molar-refractivity contribution >= 4 is 24.0 Å². The number of anilines is 1. The molecular weight excluding hydrogens is 228 g/mol. The van der Waals surface area contributed by atoms with Crippen molar-refractivity contribution in [2.24, 2.45) is 0 Å². The van der Waals surface area contributed by atoms with E-state index in [-0.39, 0.29) is 18.3 Å². The summed E-state index contributed by atoms with van der Waals surface area (Å²) in [6.45, 7) is 0.683. The Kier molecular flexibility index (Phi) is 7.33. The molecule has 0 bridgehead atoms. The lowest BCUT2D eigenvalue weighted by Crippen LogP contribution is -2.18. The zero-order chi connectivity index (χ0) is 11.1. The molecule has 0 aliphatic rings.